The topological polar surface area (TPSA) is 41.6 Å². The monoisotopic (exact) mass is 416 g/mol. The number of hydrogen-bond acceptors (Lipinski definition) is 3. The first-order valence-electron chi connectivity index (χ1n) is 9.37. The molecule has 0 spiro atoms. The van der Waals surface area contributed by atoms with Gasteiger partial charge < -0.3 is 15.0 Å². The molecule has 0 radical (unpaired) electrons. The molecule has 0 aliphatic rings. The summed E-state index contributed by atoms with van der Waals surface area (Å²) in [6, 6.07) is 15.0. The summed E-state index contributed by atoms with van der Waals surface area (Å²) in [5.74, 6) is -0.418. The standard InChI is InChI=1S/C23H23F3N2O2/c1-14(15-5-6-17-12-19(30-4)9-7-16(17)11-15)22(29)27-21-10-8-18(28(2)3)13-20(21)23(24,25)26/h5-14H,1-4H3,(H,27,29)/t14-/m0/s1. The summed E-state index contributed by atoms with van der Waals surface area (Å²) in [4.78, 5) is 14.3. The van der Waals surface area contributed by atoms with E-state index in [9.17, 15) is 18.0 Å². The summed E-state index contributed by atoms with van der Waals surface area (Å²) in [5, 5.41) is 4.31. The highest BCUT2D eigenvalue weighted by Gasteiger charge is 2.34. The number of nitrogens with one attached hydrogen (secondary N) is 1. The van der Waals surface area contributed by atoms with Gasteiger partial charge in [-0.25, -0.2) is 0 Å². The van der Waals surface area contributed by atoms with Gasteiger partial charge in [-0.1, -0.05) is 24.3 Å². The summed E-state index contributed by atoms with van der Waals surface area (Å²) >= 11 is 0. The zero-order valence-electron chi connectivity index (χ0n) is 17.2. The molecule has 0 heterocycles. The van der Waals surface area contributed by atoms with E-state index < -0.39 is 23.6 Å². The third-order valence-electron chi connectivity index (χ3n) is 5.05. The first-order valence-corrected chi connectivity index (χ1v) is 9.37. The summed E-state index contributed by atoms with van der Waals surface area (Å²) in [6.45, 7) is 1.67. The van der Waals surface area contributed by atoms with Gasteiger partial charge in [0.15, 0.2) is 0 Å². The number of rotatable bonds is 5. The molecule has 1 N–H and O–H groups in total. The molecule has 3 rings (SSSR count). The van der Waals surface area contributed by atoms with Crippen LogP contribution in [0, 0.1) is 0 Å². The minimum absolute atomic E-state index is 0.254. The Morgan fingerprint density at radius 2 is 1.67 bits per heavy atom. The fourth-order valence-electron chi connectivity index (χ4n) is 3.18. The molecule has 1 atom stereocenters. The molecule has 0 bridgehead atoms. The van der Waals surface area contributed by atoms with Gasteiger partial charge in [-0.2, -0.15) is 13.2 Å². The Hall–Kier alpha value is -3.22. The van der Waals surface area contributed by atoms with Crippen molar-refractivity contribution in [1.82, 2.24) is 0 Å². The maximum atomic E-state index is 13.5. The van der Waals surface area contributed by atoms with Gasteiger partial charge in [-0.05, 0) is 53.6 Å². The van der Waals surface area contributed by atoms with Crippen molar-refractivity contribution in [2.24, 2.45) is 0 Å². The zero-order chi connectivity index (χ0) is 22.1. The molecule has 0 unspecified atom stereocenters. The van der Waals surface area contributed by atoms with Crippen molar-refractivity contribution in [3.8, 4) is 5.75 Å². The summed E-state index contributed by atoms with van der Waals surface area (Å²) in [7, 11) is 4.90. The third kappa shape index (κ3) is 4.50. The van der Waals surface area contributed by atoms with E-state index >= 15 is 0 Å². The SMILES string of the molecule is COc1ccc2cc([C@H](C)C(=O)Nc3ccc(N(C)C)cc3C(F)(F)F)ccc2c1. The Bertz CT molecular complexity index is 1080. The van der Waals surface area contributed by atoms with Crippen molar-refractivity contribution in [2.45, 2.75) is 19.0 Å². The first-order chi connectivity index (χ1) is 14.1. The van der Waals surface area contributed by atoms with Crippen LogP contribution in [0.4, 0.5) is 24.5 Å². The van der Waals surface area contributed by atoms with Crippen molar-refractivity contribution in [1.29, 1.82) is 0 Å². The fraction of sp³-hybridized carbons (Fsp3) is 0.261. The minimum atomic E-state index is -4.58. The fourth-order valence-corrected chi connectivity index (χ4v) is 3.18. The molecule has 1 amide bonds. The van der Waals surface area contributed by atoms with Crippen LogP contribution in [-0.2, 0) is 11.0 Å². The Morgan fingerprint density at radius 1 is 1.00 bits per heavy atom. The molecular formula is C23H23F3N2O2. The molecule has 7 heteroatoms. The summed E-state index contributed by atoms with van der Waals surface area (Å²) in [6.07, 6.45) is -4.58. The average molecular weight is 416 g/mol. The predicted molar refractivity (Wildman–Crippen MR) is 113 cm³/mol. The molecule has 3 aromatic carbocycles. The smallest absolute Gasteiger partial charge is 0.418 e. The van der Waals surface area contributed by atoms with Crippen LogP contribution in [0.15, 0.2) is 54.6 Å². The first kappa shape index (κ1) is 21.5. The van der Waals surface area contributed by atoms with Gasteiger partial charge in [0.2, 0.25) is 5.91 Å². The third-order valence-corrected chi connectivity index (χ3v) is 5.05. The molecule has 0 saturated carbocycles. The van der Waals surface area contributed by atoms with E-state index in [0.29, 0.717) is 11.3 Å². The van der Waals surface area contributed by atoms with Crippen molar-refractivity contribution >= 4 is 28.1 Å². The van der Waals surface area contributed by atoms with Crippen LogP contribution < -0.4 is 15.0 Å². The second-order valence-electron chi connectivity index (χ2n) is 7.31. The molecular weight excluding hydrogens is 393 g/mol. The van der Waals surface area contributed by atoms with Crippen LogP contribution >= 0.6 is 0 Å². The molecule has 158 valence electrons. The Kier molecular flexibility index (Phi) is 5.92. The van der Waals surface area contributed by atoms with E-state index in [2.05, 4.69) is 5.32 Å². The van der Waals surface area contributed by atoms with Crippen LogP contribution in [0.1, 0.15) is 24.0 Å². The van der Waals surface area contributed by atoms with Crippen molar-refractivity contribution in [2.75, 3.05) is 31.4 Å². The normalized spacial score (nSPS) is 12.5. The van der Waals surface area contributed by atoms with Crippen LogP contribution in [0.3, 0.4) is 0 Å². The number of carbonyl (C=O) groups is 1. The largest absolute Gasteiger partial charge is 0.497 e. The number of hydrogen-bond donors (Lipinski definition) is 1. The van der Waals surface area contributed by atoms with E-state index in [1.807, 2.05) is 30.3 Å². The van der Waals surface area contributed by atoms with E-state index in [1.54, 1.807) is 45.2 Å². The number of anilines is 2. The highest BCUT2D eigenvalue weighted by Crippen LogP contribution is 2.37. The van der Waals surface area contributed by atoms with Gasteiger partial charge in [-0.15, -0.1) is 0 Å². The lowest BCUT2D eigenvalue weighted by molar-refractivity contribution is -0.136. The second kappa shape index (κ2) is 8.26. The Morgan fingerprint density at radius 3 is 2.30 bits per heavy atom. The number of amides is 1. The van der Waals surface area contributed by atoms with Crippen molar-refractivity contribution < 1.29 is 22.7 Å². The second-order valence-corrected chi connectivity index (χ2v) is 7.31. The zero-order valence-corrected chi connectivity index (χ0v) is 17.2. The molecule has 3 aromatic rings. The maximum absolute atomic E-state index is 13.5. The van der Waals surface area contributed by atoms with Crippen molar-refractivity contribution in [3.05, 3.63) is 65.7 Å². The van der Waals surface area contributed by atoms with Crippen LogP contribution in [0.25, 0.3) is 10.8 Å². The van der Waals surface area contributed by atoms with Gasteiger partial charge in [-0.3, -0.25) is 4.79 Å². The lowest BCUT2D eigenvalue weighted by atomic mass is 9.96. The number of ether oxygens (including phenoxy) is 1. The number of carbonyl (C=O) groups excluding carboxylic acids is 1. The van der Waals surface area contributed by atoms with E-state index in [0.717, 1.165) is 22.6 Å². The van der Waals surface area contributed by atoms with Gasteiger partial charge in [0.25, 0.3) is 0 Å². The highest BCUT2D eigenvalue weighted by atomic mass is 19.4. The molecule has 0 fully saturated rings. The number of halogens is 3. The molecule has 0 saturated heterocycles. The molecule has 0 aliphatic heterocycles. The van der Waals surface area contributed by atoms with Crippen LogP contribution in [0.5, 0.6) is 5.75 Å². The highest BCUT2D eigenvalue weighted by molar-refractivity contribution is 5.97. The van der Waals surface area contributed by atoms with Gasteiger partial charge >= 0.3 is 6.18 Å². The lowest BCUT2D eigenvalue weighted by Gasteiger charge is -2.20. The number of methoxy groups -OCH3 is 1. The molecule has 0 aliphatic carbocycles. The van der Waals surface area contributed by atoms with Gasteiger partial charge in [0.1, 0.15) is 5.75 Å². The average Bonchev–Trinajstić information content (AvgIpc) is 2.71. The summed E-state index contributed by atoms with van der Waals surface area (Å²) in [5.41, 5.74) is -0.0164. The van der Waals surface area contributed by atoms with E-state index in [-0.39, 0.29) is 5.69 Å². The molecule has 0 aromatic heterocycles. The Balaban J connectivity index is 1.87. The Labute approximate surface area is 173 Å². The quantitative estimate of drug-likeness (QED) is 0.582. The number of fused-ring (bicyclic) bond motifs is 1. The van der Waals surface area contributed by atoms with Crippen LogP contribution in [0.2, 0.25) is 0 Å². The minimum Gasteiger partial charge on any atom is -0.497 e. The molecule has 4 nitrogen and oxygen atoms in total. The van der Waals surface area contributed by atoms with Crippen LogP contribution in [-0.4, -0.2) is 27.1 Å². The van der Waals surface area contributed by atoms with Crippen molar-refractivity contribution in [3.63, 3.8) is 0 Å². The van der Waals surface area contributed by atoms with Gasteiger partial charge in [0.05, 0.1) is 24.3 Å². The molecule has 30 heavy (non-hydrogen) atoms. The summed E-state index contributed by atoms with van der Waals surface area (Å²) < 4.78 is 45.8. The van der Waals surface area contributed by atoms with E-state index in [4.69, 9.17) is 4.74 Å². The van der Waals surface area contributed by atoms with Gasteiger partial charge in [0, 0.05) is 19.8 Å². The maximum Gasteiger partial charge on any atom is 0.418 e. The number of benzene rings is 3. The number of nitrogens with zero attached hydrogens (tertiary/aromatic N) is 1. The van der Waals surface area contributed by atoms with E-state index in [1.165, 1.54) is 6.07 Å². The number of alkyl halides is 3. The lowest BCUT2D eigenvalue weighted by Crippen LogP contribution is -2.22. The predicted octanol–water partition coefficient (Wildman–Crippen LogP) is 5.68.